The molecule has 0 aliphatic rings. The summed E-state index contributed by atoms with van der Waals surface area (Å²) < 4.78 is 0. The van der Waals surface area contributed by atoms with Crippen molar-refractivity contribution in [3.05, 3.63) is 34.9 Å². The number of rotatable bonds is 5. The Bertz CT molecular complexity index is 489. The first-order valence-corrected chi connectivity index (χ1v) is 6.41. The van der Waals surface area contributed by atoms with Crippen LogP contribution < -0.4 is 5.32 Å². The van der Waals surface area contributed by atoms with Crippen molar-refractivity contribution in [2.75, 3.05) is 6.54 Å². The van der Waals surface area contributed by atoms with Crippen molar-refractivity contribution in [3.8, 4) is 6.07 Å². The minimum Gasteiger partial charge on any atom is -0.391 e. The maximum absolute atomic E-state index is 12.0. The number of hydrogen-bond donors (Lipinski definition) is 2. The molecule has 102 valence electrons. The number of nitrogens with one attached hydrogen (secondary N) is 1. The van der Waals surface area contributed by atoms with Gasteiger partial charge in [-0.3, -0.25) is 4.79 Å². The first-order chi connectivity index (χ1) is 8.93. The van der Waals surface area contributed by atoms with Crippen LogP contribution in [0.1, 0.15) is 41.8 Å². The highest BCUT2D eigenvalue weighted by Gasteiger charge is 2.12. The largest absolute Gasteiger partial charge is 0.391 e. The molecule has 1 unspecified atom stereocenters. The maximum Gasteiger partial charge on any atom is 0.251 e. The average Bonchev–Trinajstić information content (AvgIpc) is 2.35. The van der Waals surface area contributed by atoms with E-state index in [1.165, 1.54) is 0 Å². The standard InChI is InChI=1S/C15H20N2O2/c1-10(2)6-13(18)9-17-15(19)14-5-4-12(8-16)7-11(14)3/h4-5,7,10,13,18H,6,9H2,1-3H3,(H,17,19). The molecule has 0 spiro atoms. The summed E-state index contributed by atoms with van der Waals surface area (Å²) in [6, 6.07) is 6.97. The third-order valence-electron chi connectivity index (χ3n) is 2.84. The van der Waals surface area contributed by atoms with Gasteiger partial charge < -0.3 is 10.4 Å². The van der Waals surface area contributed by atoms with E-state index in [1.807, 2.05) is 19.9 Å². The second-order valence-corrected chi connectivity index (χ2v) is 5.13. The molecule has 1 amide bonds. The van der Waals surface area contributed by atoms with Gasteiger partial charge in [-0.1, -0.05) is 13.8 Å². The van der Waals surface area contributed by atoms with Crippen molar-refractivity contribution in [1.29, 1.82) is 5.26 Å². The van der Waals surface area contributed by atoms with Crippen molar-refractivity contribution in [2.45, 2.75) is 33.3 Å². The van der Waals surface area contributed by atoms with E-state index >= 15 is 0 Å². The van der Waals surface area contributed by atoms with Crippen LogP contribution in [0.15, 0.2) is 18.2 Å². The van der Waals surface area contributed by atoms with E-state index in [9.17, 15) is 9.90 Å². The molecule has 0 aliphatic carbocycles. The van der Waals surface area contributed by atoms with Gasteiger partial charge in [-0.2, -0.15) is 5.26 Å². The zero-order valence-corrected chi connectivity index (χ0v) is 11.6. The number of aryl methyl sites for hydroxylation is 1. The second-order valence-electron chi connectivity index (χ2n) is 5.13. The smallest absolute Gasteiger partial charge is 0.251 e. The molecule has 4 nitrogen and oxygen atoms in total. The lowest BCUT2D eigenvalue weighted by Crippen LogP contribution is -2.33. The molecule has 0 saturated carbocycles. The summed E-state index contributed by atoms with van der Waals surface area (Å²) in [5.41, 5.74) is 1.83. The van der Waals surface area contributed by atoms with Gasteiger partial charge in [0.2, 0.25) is 0 Å². The highest BCUT2D eigenvalue weighted by atomic mass is 16.3. The van der Waals surface area contributed by atoms with E-state index in [0.29, 0.717) is 23.5 Å². The minimum atomic E-state index is -0.525. The van der Waals surface area contributed by atoms with E-state index < -0.39 is 6.10 Å². The van der Waals surface area contributed by atoms with Crippen molar-refractivity contribution >= 4 is 5.91 Å². The van der Waals surface area contributed by atoms with Crippen molar-refractivity contribution in [3.63, 3.8) is 0 Å². The highest BCUT2D eigenvalue weighted by molar-refractivity contribution is 5.95. The van der Waals surface area contributed by atoms with Gasteiger partial charge >= 0.3 is 0 Å². The molecule has 0 aliphatic heterocycles. The molecule has 0 heterocycles. The molecule has 4 heteroatoms. The number of benzene rings is 1. The van der Waals surface area contributed by atoms with E-state index in [1.54, 1.807) is 25.1 Å². The quantitative estimate of drug-likeness (QED) is 0.850. The Morgan fingerprint density at radius 2 is 2.16 bits per heavy atom. The number of carbonyl (C=O) groups excluding carboxylic acids is 1. The molecule has 0 radical (unpaired) electrons. The normalized spacial score (nSPS) is 12.0. The van der Waals surface area contributed by atoms with Crippen LogP contribution in [0.5, 0.6) is 0 Å². The van der Waals surface area contributed by atoms with Gasteiger partial charge in [0.25, 0.3) is 5.91 Å². The third-order valence-corrected chi connectivity index (χ3v) is 2.84. The lowest BCUT2D eigenvalue weighted by atomic mass is 10.0. The lowest BCUT2D eigenvalue weighted by molar-refractivity contribution is 0.0899. The Morgan fingerprint density at radius 3 is 2.68 bits per heavy atom. The number of carbonyl (C=O) groups is 1. The molecule has 0 bridgehead atoms. The molecule has 0 fully saturated rings. The number of hydrogen-bond acceptors (Lipinski definition) is 3. The summed E-state index contributed by atoms with van der Waals surface area (Å²) in [5.74, 6) is 0.174. The molecule has 1 aromatic carbocycles. The summed E-state index contributed by atoms with van der Waals surface area (Å²) in [6.07, 6.45) is 0.134. The highest BCUT2D eigenvalue weighted by Crippen LogP contribution is 2.11. The van der Waals surface area contributed by atoms with Crippen molar-refractivity contribution in [1.82, 2.24) is 5.32 Å². The van der Waals surface area contributed by atoms with Crippen LogP contribution in [-0.4, -0.2) is 23.7 Å². The topological polar surface area (TPSA) is 73.1 Å². The summed E-state index contributed by atoms with van der Waals surface area (Å²) >= 11 is 0. The van der Waals surface area contributed by atoms with Crippen LogP contribution in [0.4, 0.5) is 0 Å². The molecule has 0 saturated heterocycles. The van der Waals surface area contributed by atoms with Gasteiger partial charge in [0.15, 0.2) is 0 Å². The number of nitriles is 1. The SMILES string of the molecule is Cc1cc(C#N)ccc1C(=O)NCC(O)CC(C)C. The van der Waals surface area contributed by atoms with Gasteiger partial charge in [-0.25, -0.2) is 0 Å². The number of nitrogens with zero attached hydrogens (tertiary/aromatic N) is 1. The van der Waals surface area contributed by atoms with Crippen molar-refractivity contribution < 1.29 is 9.90 Å². The Kier molecular flexibility index (Phi) is 5.53. The van der Waals surface area contributed by atoms with E-state index in [-0.39, 0.29) is 12.5 Å². The molecule has 1 rings (SSSR count). The summed E-state index contributed by atoms with van der Waals surface area (Å²) in [7, 11) is 0. The molecule has 1 atom stereocenters. The molecule has 2 N–H and O–H groups in total. The fourth-order valence-corrected chi connectivity index (χ4v) is 1.92. The van der Waals surface area contributed by atoms with E-state index in [4.69, 9.17) is 5.26 Å². The van der Waals surface area contributed by atoms with Crippen LogP contribution in [0, 0.1) is 24.2 Å². The Morgan fingerprint density at radius 1 is 1.47 bits per heavy atom. The molecule has 0 aromatic heterocycles. The first-order valence-electron chi connectivity index (χ1n) is 6.41. The lowest BCUT2D eigenvalue weighted by Gasteiger charge is -2.14. The van der Waals surface area contributed by atoms with Gasteiger partial charge in [0.05, 0.1) is 17.7 Å². The first kappa shape index (κ1) is 15.2. The second kappa shape index (κ2) is 6.91. The average molecular weight is 260 g/mol. The fourth-order valence-electron chi connectivity index (χ4n) is 1.92. The predicted octanol–water partition coefficient (Wildman–Crippen LogP) is 2.00. The molecule has 1 aromatic rings. The Hall–Kier alpha value is -1.86. The molecular formula is C15H20N2O2. The van der Waals surface area contributed by atoms with Crippen LogP contribution in [-0.2, 0) is 0 Å². The van der Waals surface area contributed by atoms with E-state index in [2.05, 4.69) is 5.32 Å². The minimum absolute atomic E-state index is 0.218. The van der Waals surface area contributed by atoms with Crippen LogP contribution >= 0.6 is 0 Å². The fraction of sp³-hybridized carbons (Fsp3) is 0.467. The maximum atomic E-state index is 12.0. The zero-order chi connectivity index (χ0) is 14.4. The zero-order valence-electron chi connectivity index (χ0n) is 11.6. The van der Waals surface area contributed by atoms with Gasteiger partial charge in [0, 0.05) is 12.1 Å². The Labute approximate surface area is 114 Å². The third kappa shape index (κ3) is 4.72. The summed E-state index contributed by atoms with van der Waals surface area (Å²) in [5, 5.41) is 21.2. The summed E-state index contributed by atoms with van der Waals surface area (Å²) in [4.78, 5) is 12.0. The van der Waals surface area contributed by atoms with Crippen LogP contribution in [0.3, 0.4) is 0 Å². The van der Waals surface area contributed by atoms with Gasteiger partial charge in [-0.15, -0.1) is 0 Å². The number of aliphatic hydroxyl groups excluding tert-OH is 1. The van der Waals surface area contributed by atoms with Crippen LogP contribution in [0.25, 0.3) is 0 Å². The number of amides is 1. The Balaban J connectivity index is 2.62. The summed E-state index contributed by atoms with van der Waals surface area (Å²) in [6.45, 7) is 6.09. The predicted molar refractivity (Wildman–Crippen MR) is 73.7 cm³/mol. The van der Waals surface area contributed by atoms with Gasteiger partial charge in [0.1, 0.15) is 0 Å². The van der Waals surface area contributed by atoms with E-state index in [0.717, 1.165) is 5.56 Å². The molecule has 19 heavy (non-hydrogen) atoms. The van der Waals surface area contributed by atoms with Crippen LogP contribution in [0.2, 0.25) is 0 Å². The van der Waals surface area contributed by atoms with Gasteiger partial charge in [-0.05, 0) is 43.0 Å². The van der Waals surface area contributed by atoms with Crippen molar-refractivity contribution in [2.24, 2.45) is 5.92 Å². The monoisotopic (exact) mass is 260 g/mol. The molecular weight excluding hydrogens is 240 g/mol. The number of aliphatic hydroxyl groups is 1.